The summed E-state index contributed by atoms with van der Waals surface area (Å²) in [5.74, 6) is 0. The molecule has 2 N–H and O–H groups in total. The van der Waals surface area contributed by atoms with Crippen LogP contribution in [0.5, 0.6) is 0 Å². The third-order valence-corrected chi connectivity index (χ3v) is 1.65. The van der Waals surface area contributed by atoms with Crippen molar-refractivity contribution in [3.05, 3.63) is 0 Å². The Balaban J connectivity index is 3.19. The second-order valence-corrected chi connectivity index (χ2v) is 3.41. The molecule has 0 aliphatic rings. The maximum Gasteiger partial charge on any atom is 0.108 e. The molecule has 3 nitrogen and oxygen atoms in total. The molecule has 1 atom stereocenters. The summed E-state index contributed by atoms with van der Waals surface area (Å²) in [6, 6.07) is 0. The number of aliphatic hydroxyl groups is 2. The Bertz CT molecular complexity index is 102. The zero-order chi connectivity index (χ0) is 9.45. The summed E-state index contributed by atoms with van der Waals surface area (Å²) in [5.41, 5.74) is -1.08. The average molecular weight is 176 g/mol. The van der Waals surface area contributed by atoms with Gasteiger partial charge in [-0.1, -0.05) is 19.8 Å². The fourth-order valence-corrected chi connectivity index (χ4v) is 0.792. The fraction of sp³-hybridized carbons (Fsp3) is 1.00. The Morgan fingerprint density at radius 3 is 2.50 bits per heavy atom. The molecule has 12 heavy (non-hydrogen) atoms. The molecule has 0 amide bonds. The molecule has 0 heterocycles. The van der Waals surface area contributed by atoms with Crippen LogP contribution in [0.15, 0.2) is 0 Å². The fourth-order valence-electron chi connectivity index (χ4n) is 0.792. The second-order valence-electron chi connectivity index (χ2n) is 3.41. The van der Waals surface area contributed by atoms with E-state index in [9.17, 15) is 5.11 Å². The number of ether oxygens (including phenoxy) is 1. The molecule has 3 heteroatoms. The monoisotopic (exact) mass is 176 g/mol. The minimum absolute atomic E-state index is 0.215. The van der Waals surface area contributed by atoms with Crippen molar-refractivity contribution >= 4 is 0 Å². The zero-order valence-electron chi connectivity index (χ0n) is 8.05. The molecule has 0 aliphatic heterocycles. The third kappa shape index (κ3) is 6.58. The number of aliphatic hydroxyl groups excluding tert-OH is 1. The average Bonchev–Trinajstić information content (AvgIpc) is 2.04. The molecule has 0 bridgehead atoms. The van der Waals surface area contributed by atoms with Crippen molar-refractivity contribution in [1.29, 1.82) is 0 Å². The molecule has 0 aromatic heterocycles. The summed E-state index contributed by atoms with van der Waals surface area (Å²) in [6.07, 6.45) is 3.35. The van der Waals surface area contributed by atoms with Crippen LogP contribution < -0.4 is 0 Å². The Morgan fingerprint density at radius 2 is 2.00 bits per heavy atom. The molecule has 1 unspecified atom stereocenters. The molecule has 0 saturated heterocycles. The molecule has 0 fully saturated rings. The van der Waals surface area contributed by atoms with E-state index in [0.717, 1.165) is 12.8 Å². The van der Waals surface area contributed by atoms with Crippen LogP contribution in [-0.2, 0) is 4.74 Å². The molecule has 74 valence electrons. The predicted molar refractivity (Wildman–Crippen MR) is 48.1 cm³/mol. The van der Waals surface area contributed by atoms with Gasteiger partial charge in [-0.15, -0.1) is 0 Å². The molecule has 0 aromatic rings. The quantitative estimate of drug-likeness (QED) is 0.567. The maximum atomic E-state index is 9.30. The molecule has 0 spiro atoms. The van der Waals surface area contributed by atoms with Crippen molar-refractivity contribution < 1.29 is 14.9 Å². The minimum Gasteiger partial charge on any atom is -0.393 e. The zero-order valence-corrected chi connectivity index (χ0v) is 8.05. The van der Waals surface area contributed by atoms with E-state index >= 15 is 0 Å². The first-order valence-electron chi connectivity index (χ1n) is 4.53. The molecule has 0 saturated carbocycles. The van der Waals surface area contributed by atoms with Gasteiger partial charge in [0, 0.05) is 6.61 Å². The van der Waals surface area contributed by atoms with Crippen LogP contribution in [0.2, 0.25) is 0 Å². The highest BCUT2D eigenvalue weighted by Gasteiger charge is 2.18. The molecule has 0 aromatic carbocycles. The summed E-state index contributed by atoms with van der Waals surface area (Å²) >= 11 is 0. The van der Waals surface area contributed by atoms with Gasteiger partial charge in [-0.2, -0.15) is 0 Å². The third-order valence-electron chi connectivity index (χ3n) is 1.65. The summed E-state index contributed by atoms with van der Waals surface area (Å²) in [7, 11) is 0. The lowest BCUT2D eigenvalue weighted by Gasteiger charge is -2.19. The van der Waals surface area contributed by atoms with E-state index in [1.54, 1.807) is 6.92 Å². The topological polar surface area (TPSA) is 49.7 Å². The van der Waals surface area contributed by atoms with Crippen molar-refractivity contribution in [2.45, 2.75) is 38.7 Å². The van der Waals surface area contributed by atoms with Crippen LogP contribution in [0.1, 0.15) is 33.1 Å². The van der Waals surface area contributed by atoms with Crippen molar-refractivity contribution in [3.8, 4) is 0 Å². The van der Waals surface area contributed by atoms with E-state index in [1.807, 2.05) is 0 Å². The van der Waals surface area contributed by atoms with Crippen molar-refractivity contribution in [2.75, 3.05) is 19.8 Å². The SMILES string of the molecule is CCCCCOCC(C)(O)CO. The van der Waals surface area contributed by atoms with Crippen LogP contribution in [0.4, 0.5) is 0 Å². The van der Waals surface area contributed by atoms with Gasteiger partial charge in [0.25, 0.3) is 0 Å². The van der Waals surface area contributed by atoms with Crippen molar-refractivity contribution in [1.82, 2.24) is 0 Å². The Hall–Kier alpha value is -0.120. The first-order valence-corrected chi connectivity index (χ1v) is 4.53. The van der Waals surface area contributed by atoms with Gasteiger partial charge in [0.05, 0.1) is 13.2 Å². The second kappa shape index (κ2) is 6.40. The maximum absolute atomic E-state index is 9.30. The first kappa shape index (κ1) is 11.9. The lowest BCUT2D eigenvalue weighted by atomic mass is 10.1. The molecule has 0 rings (SSSR count). The highest BCUT2D eigenvalue weighted by molar-refractivity contribution is 4.69. The molecular formula is C9H20O3. The van der Waals surface area contributed by atoms with E-state index in [-0.39, 0.29) is 13.2 Å². The summed E-state index contributed by atoms with van der Waals surface area (Å²) in [6.45, 7) is 4.33. The lowest BCUT2D eigenvalue weighted by molar-refractivity contribution is -0.0655. The molecule has 0 radical (unpaired) electrons. The Morgan fingerprint density at radius 1 is 1.33 bits per heavy atom. The Kier molecular flexibility index (Phi) is 6.34. The number of hydrogen-bond donors (Lipinski definition) is 2. The number of hydrogen-bond acceptors (Lipinski definition) is 3. The van der Waals surface area contributed by atoms with Gasteiger partial charge < -0.3 is 14.9 Å². The lowest BCUT2D eigenvalue weighted by Crippen LogP contribution is -2.34. The van der Waals surface area contributed by atoms with Gasteiger partial charge in [0.1, 0.15) is 5.60 Å². The van der Waals surface area contributed by atoms with Gasteiger partial charge in [-0.05, 0) is 13.3 Å². The van der Waals surface area contributed by atoms with Gasteiger partial charge in [-0.25, -0.2) is 0 Å². The van der Waals surface area contributed by atoms with Crippen LogP contribution in [0.3, 0.4) is 0 Å². The van der Waals surface area contributed by atoms with Crippen molar-refractivity contribution in [3.63, 3.8) is 0 Å². The van der Waals surface area contributed by atoms with Crippen LogP contribution in [0.25, 0.3) is 0 Å². The highest BCUT2D eigenvalue weighted by Crippen LogP contribution is 2.03. The van der Waals surface area contributed by atoms with Gasteiger partial charge in [-0.3, -0.25) is 0 Å². The molecular weight excluding hydrogens is 156 g/mol. The van der Waals surface area contributed by atoms with Crippen molar-refractivity contribution in [2.24, 2.45) is 0 Å². The summed E-state index contributed by atoms with van der Waals surface area (Å²) in [4.78, 5) is 0. The van der Waals surface area contributed by atoms with E-state index in [1.165, 1.54) is 6.42 Å². The van der Waals surface area contributed by atoms with E-state index in [2.05, 4.69) is 6.92 Å². The highest BCUT2D eigenvalue weighted by atomic mass is 16.5. The normalized spacial score (nSPS) is 16.0. The van der Waals surface area contributed by atoms with Gasteiger partial charge >= 0.3 is 0 Å². The first-order chi connectivity index (χ1) is 5.62. The van der Waals surface area contributed by atoms with Crippen LogP contribution >= 0.6 is 0 Å². The standard InChI is InChI=1S/C9H20O3/c1-3-4-5-6-12-8-9(2,11)7-10/h10-11H,3-8H2,1-2H3. The van der Waals surface area contributed by atoms with Gasteiger partial charge in [0.2, 0.25) is 0 Å². The minimum atomic E-state index is -1.08. The number of rotatable bonds is 7. The van der Waals surface area contributed by atoms with E-state index in [4.69, 9.17) is 9.84 Å². The Labute approximate surface area is 74.4 Å². The predicted octanol–water partition coefficient (Wildman–Crippen LogP) is 0.936. The van der Waals surface area contributed by atoms with Crippen LogP contribution in [0, 0.1) is 0 Å². The van der Waals surface area contributed by atoms with Crippen LogP contribution in [-0.4, -0.2) is 35.6 Å². The smallest absolute Gasteiger partial charge is 0.108 e. The summed E-state index contributed by atoms with van der Waals surface area (Å²) in [5, 5.41) is 18.0. The molecule has 0 aliphatic carbocycles. The van der Waals surface area contributed by atoms with E-state index < -0.39 is 5.60 Å². The number of unbranched alkanes of at least 4 members (excludes halogenated alkanes) is 2. The largest absolute Gasteiger partial charge is 0.393 e. The van der Waals surface area contributed by atoms with Gasteiger partial charge in [0.15, 0.2) is 0 Å². The van der Waals surface area contributed by atoms with E-state index in [0.29, 0.717) is 6.61 Å². The summed E-state index contributed by atoms with van der Waals surface area (Å²) < 4.78 is 5.18.